The number of rotatable bonds is 2. The van der Waals surface area contributed by atoms with Gasteiger partial charge in [0.05, 0.1) is 6.61 Å². The van der Waals surface area contributed by atoms with Gasteiger partial charge < -0.3 is 10.4 Å². The molecular weight excluding hydrogens is 238 g/mol. The lowest BCUT2D eigenvalue weighted by Gasteiger charge is -2.19. The van der Waals surface area contributed by atoms with E-state index in [1.807, 2.05) is 57.2 Å². The molecule has 0 bridgehead atoms. The van der Waals surface area contributed by atoms with Crippen LogP contribution < -0.4 is 5.32 Å². The minimum atomic E-state index is -0.460. The Kier molecular flexibility index (Phi) is 3.58. The molecule has 0 atom stereocenters. The summed E-state index contributed by atoms with van der Waals surface area (Å²) in [6.45, 7) is 5.50. The van der Waals surface area contributed by atoms with Crippen molar-refractivity contribution in [1.82, 2.24) is 0 Å². The molecule has 0 heterocycles. The van der Waals surface area contributed by atoms with E-state index in [9.17, 15) is 9.90 Å². The summed E-state index contributed by atoms with van der Waals surface area (Å²) < 4.78 is 0. The molecule has 0 unspecified atom stereocenters. The van der Waals surface area contributed by atoms with Crippen LogP contribution in [0.15, 0.2) is 36.4 Å². The molecule has 0 aliphatic carbocycles. The second-order valence-electron chi connectivity index (χ2n) is 5.72. The second kappa shape index (κ2) is 5.02. The van der Waals surface area contributed by atoms with E-state index in [1.165, 1.54) is 0 Å². The lowest BCUT2D eigenvalue weighted by molar-refractivity contribution is -0.123. The molecule has 0 fully saturated rings. The van der Waals surface area contributed by atoms with Gasteiger partial charge in [-0.3, -0.25) is 4.79 Å². The fourth-order valence-electron chi connectivity index (χ4n) is 1.84. The van der Waals surface area contributed by atoms with E-state index in [0.717, 1.165) is 16.3 Å². The summed E-state index contributed by atoms with van der Waals surface area (Å²) in [5.41, 5.74) is 0.954. The molecule has 0 aliphatic rings. The predicted octanol–water partition coefficient (Wildman–Crippen LogP) is 3.32. The van der Waals surface area contributed by atoms with E-state index in [4.69, 9.17) is 0 Å². The Bertz CT molecular complexity index is 612. The van der Waals surface area contributed by atoms with E-state index in [2.05, 4.69) is 5.32 Å². The maximum absolute atomic E-state index is 12.0. The standard InChI is InChI=1S/C16H19NO2/c1-16(2,3)15(19)17-14-9-12-7-5-4-6-11(12)8-13(14)10-18/h4-9,18H,10H2,1-3H3,(H,17,19). The fourth-order valence-corrected chi connectivity index (χ4v) is 1.84. The Labute approximate surface area is 113 Å². The molecule has 0 spiro atoms. The quantitative estimate of drug-likeness (QED) is 0.867. The number of aliphatic hydroxyl groups excluding tert-OH is 1. The van der Waals surface area contributed by atoms with Crippen molar-refractivity contribution in [2.45, 2.75) is 27.4 Å². The van der Waals surface area contributed by atoms with Gasteiger partial charge in [0.2, 0.25) is 5.91 Å². The maximum Gasteiger partial charge on any atom is 0.229 e. The summed E-state index contributed by atoms with van der Waals surface area (Å²) >= 11 is 0. The zero-order chi connectivity index (χ0) is 14.0. The van der Waals surface area contributed by atoms with Gasteiger partial charge in [-0.2, -0.15) is 0 Å². The molecule has 19 heavy (non-hydrogen) atoms. The number of hydrogen-bond acceptors (Lipinski definition) is 2. The average molecular weight is 257 g/mol. The Morgan fingerprint density at radius 3 is 2.26 bits per heavy atom. The molecular formula is C16H19NO2. The van der Waals surface area contributed by atoms with E-state index in [0.29, 0.717) is 5.69 Å². The molecule has 3 heteroatoms. The van der Waals surface area contributed by atoms with Crippen LogP contribution in [0.4, 0.5) is 5.69 Å². The Hall–Kier alpha value is -1.87. The van der Waals surface area contributed by atoms with Crippen molar-refractivity contribution in [2.24, 2.45) is 5.41 Å². The first-order valence-electron chi connectivity index (χ1n) is 6.36. The van der Waals surface area contributed by atoms with Crippen LogP contribution in [0.1, 0.15) is 26.3 Å². The Morgan fingerprint density at radius 2 is 1.74 bits per heavy atom. The van der Waals surface area contributed by atoms with Gasteiger partial charge in [-0.05, 0) is 22.9 Å². The van der Waals surface area contributed by atoms with E-state index in [-0.39, 0.29) is 12.5 Å². The highest BCUT2D eigenvalue weighted by atomic mass is 16.3. The van der Waals surface area contributed by atoms with Gasteiger partial charge in [-0.25, -0.2) is 0 Å². The minimum Gasteiger partial charge on any atom is -0.392 e. The van der Waals surface area contributed by atoms with E-state index < -0.39 is 5.41 Å². The van der Waals surface area contributed by atoms with Gasteiger partial charge in [0.15, 0.2) is 0 Å². The normalized spacial score (nSPS) is 11.6. The van der Waals surface area contributed by atoms with E-state index in [1.54, 1.807) is 0 Å². The third-order valence-corrected chi connectivity index (χ3v) is 3.07. The fraction of sp³-hybridized carbons (Fsp3) is 0.312. The first kappa shape index (κ1) is 13.6. The lowest BCUT2D eigenvalue weighted by atomic mass is 9.95. The number of nitrogens with one attached hydrogen (secondary N) is 1. The predicted molar refractivity (Wildman–Crippen MR) is 78.0 cm³/mol. The SMILES string of the molecule is CC(C)(C)C(=O)Nc1cc2ccccc2cc1CO. The average Bonchev–Trinajstić information content (AvgIpc) is 2.36. The summed E-state index contributed by atoms with van der Waals surface area (Å²) in [6, 6.07) is 11.7. The smallest absolute Gasteiger partial charge is 0.229 e. The number of fused-ring (bicyclic) bond motifs is 1. The van der Waals surface area contributed by atoms with Crippen LogP contribution in [-0.4, -0.2) is 11.0 Å². The van der Waals surface area contributed by atoms with Crippen molar-refractivity contribution in [2.75, 3.05) is 5.32 Å². The third-order valence-electron chi connectivity index (χ3n) is 3.07. The van der Waals surface area contributed by atoms with Crippen LogP contribution in [0.25, 0.3) is 10.8 Å². The molecule has 3 nitrogen and oxygen atoms in total. The summed E-state index contributed by atoms with van der Waals surface area (Å²) in [7, 11) is 0. The van der Waals surface area contributed by atoms with Gasteiger partial charge >= 0.3 is 0 Å². The largest absolute Gasteiger partial charge is 0.392 e. The molecule has 1 amide bonds. The van der Waals surface area contributed by atoms with Crippen LogP contribution in [0.2, 0.25) is 0 Å². The Morgan fingerprint density at radius 1 is 1.16 bits per heavy atom. The summed E-state index contributed by atoms with van der Waals surface area (Å²) in [5, 5.41) is 14.4. The van der Waals surface area contributed by atoms with Gasteiger partial charge in [0.1, 0.15) is 0 Å². The van der Waals surface area contributed by atoms with Crippen molar-refractivity contribution in [3.63, 3.8) is 0 Å². The minimum absolute atomic E-state index is 0.0579. The van der Waals surface area contributed by atoms with Crippen LogP contribution >= 0.6 is 0 Å². The van der Waals surface area contributed by atoms with Crippen LogP contribution in [0, 0.1) is 5.41 Å². The zero-order valence-corrected chi connectivity index (χ0v) is 11.5. The van der Waals surface area contributed by atoms with Gasteiger partial charge in [-0.15, -0.1) is 0 Å². The number of carbonyl (C=O) groups is 1. The van der Waals surface area contributed by atoms with Gasteiger partial charge in [0, 0.05) is 16.7 Å². The summed E-state index contributed by atoms with van der Waals surface area (Å²) in [6.07, 6.45) is 0. The van der Waals surface area contributed by atoms with Crippen molar-refractivity contribution in [3.8, 4) is 0 Å². The van der Waals surface area contributed by atoms with Crippen molar-refractivity contribution in [3.05, 3.63) is 42.0 Å². The molecule has 2 aromatic carbocycles. The van der Waals surface area contributed by atoms with Crippen molar-refractivity contribution < 1.29 is 9.90 Å². The van der Waals surface area contributed by atoms with Crippen LogP contribution in [-0.2, 0) is 11.4 Å². The first-order chi connectivity index (χ1) is 8.91. The van der Waals surface area contributed by atoms with Gasteiger partial charge in [0.25, 0.3) is 0 Å². The molecule has 0 saturated heterocycles. The number of aliphatic hydroxyl groups is 1. The topological polar surface area (TPSA) is 49.3 Å². The summed E-state index contributed by atoms with van der Waals surface area (Å²) in [5.74, 6) is -0.0579. The molecule has 0 aliphatic heterocycles. The van der Waals surface area contributed by atoms with Crippen LogP contribution in [0.5, 0.6) is 0 Å². The second-order valence-corrected chi connectivity index (χ2v) is 5.72. The molecule has 0 aromatic heterocycles. The number of hydrogen-bond donors (Lipinski definition) is 2. The van der Waals surface area contributed by atoms with Crippen molar-refractivity contribution >= 4 is 22.4 Å². The Balaban J connectivity index is 2.44. The lowest BCUT2D eigenvalue weighted by Crippen LogP contribution is -2.28. The molecule has 100 valence electrons. The number of anilines is 1. The highest BCUT2D eigenvalue weighted by Gasteiger charge is 2.22. The summed E-state index contributed by atoms with van der Waals surface area (Å²) in [4.78, 5) is 12.0. The highest BCUT2D eigenvalue weighted by Crippen LogP contribution is 2.26. The maximum atomic E-state index is 12.0. The molecule has 2 rings (SSSR count). The third kappa shape index (κ3) is 2.93. The van der Waals surface area contributed by atoms with Gasteiger partial charge in [-0.1, -0.05) is 45.0 Å². The monoisotopic (exact) mass is 257 g/mol. The van der Waals surface area contributed by atoms with Crippen molar-refractivity contribution in [1.29, 1.82) is 0 Å². The highest BCUT2D eigenvalue weighted by molar-refractivity contribution is 5.98. The molecule has 2 N–H and O–H groups in total. The first-order valence-corrected chi connectivity index (χ1v) is 6.36. The number of carbonyl (C=O) groups excluding carboxylic acids is 1. The molecule has 2 aromatic rings. The van der Waals surface area contributed by atoms with Crippen LogP contribution in [0.3, 0.4) is 0 Å². The molecule has 0 radical (unpaired) electrons. The number of amides is 1. The van der Waals surface area contributed by atoms with E-state index >= 15 is 0 Å². The molecule has 0 saturated carbocycles. The number of benzene rings is 2. The zero-order valence-electron chi connectivity index (χ0n) is 11.5.